The third-order valence-corrected chi connectivity index (χ3v) is 4.92. The van der Waals surface area contributed by atoms with Crippen LogP contribution in [0.4, 0.5) is 8.78 Å². The molecule has 0 unspecified atom stereocenters. The van der Waals surface area contributed by atoms with Crippen molar-refractivity contribution < 1.29 is 27.0 Å². The van der Waals surface area contributed by atoms with E-state index in [0.29, 0.717) is 0 Å². The van der Waals surface area contributed by atoms with Crippen LogP contribution in [-0.2, 0) is 10.0 Å². The summed E-state index contributed by atoms with van der Waals surface area (Å²) in [6.07, 6.45) is 0. The molecule has 0 fully saturated rings. The van der Waals surface area contributed by atoms with E-state index < -0.39 is 44.1 Å². The van der Waals surface area contributed by atoms with Gasteiger partial charge in [0, 0.05) is 0 Å². The van der Waals surface area contributed by atoms with Crippen LogP contribution in [0.3, 0.4) is 0 Å². The summed E-state index contributed by atoms with van der Waals surface area (Å²) in [6, 6.07) is 6.29. The Bertz CT molecular complexity index is 825. The molecule has 0 spiro atoms. The van der Waals surface area contributed by atoms with Gasteiger partial charge in [0.25, 0.3) is 0 Å². The molecule has 0 bridgehead atoms. The van der Waals surface area contributed by atoms with Gasteiger partial charge < -0.3 is 9.84 Å². The number of ether oxygens (including phenoxy) is 1. The standard InChI is InChI=1S/C15H14ClF2NO4S/c1-9(8-23-15-11(17)5-3-6-12(15)18)19-24(21,22)13-7-2-4-10(16)14(13)20/h2-7,9,19-20H,8H2,1H3/t9-/m1/s1. The summed E-state index contributed by atoms with van der Waals surface area (Å²) < 4.78 is 58.6. The van der Waals surface area contributed by atoms with Crippen molar-refractivity contribution in [3.05, 3.63) is 53.1 Å². The van der Waals surface area contributed by atoms with Gasteiger partial charge in [-0.15, -0.1) is 0 Å². The fourth-order valence-electron chi connectivity index (χ4n) is 1.90. The van der Waals surface area contributed by atoms with Gasteiger partial charge in [0.2, 0.25) is 10.0 Å². The topological polar surface area (TPSA) is 75.6 Å². The van der Waals surface area contributed by atoms with Gasteiger partial charge in [-0.3, -0.25) is 0 Å². The summed E-state index contributed by atoms with van der Waals surface area (Å²) >= 11 is 5.68. The van der Waals surface area contributed by atoms with Gasteiger partial charge in [0.15, 0.2) is 23.1 Å². The monoisotopic (exact) mass is 377 g/mol. The number of para-hydroxylation sites is 2. The molecule has 2 N–H and O–H groups in total. The van der Waals surface area contributed by atoms with Gasteiger partial charge in [-0.2, -0.15) is 0 Å². The van der Waals surface area contributed by atoms with Crippen molar-refractivity contribution in [3.63, 3.8) is 0 Å². The second kappa shape index (κ2) is 7.33. The summed E-state index contributed by atoms with van der Waals surface area (Å²) in [5.41, 5.74) is 0. The first-order valence-corrected chi connectivity index (χ1v) is 8.65. The van der Waals surface area contributed by atoms with Crippen LogP contribution in [0, 0.1) is 11.6 Å². The Morgan fingerprint density at radius 1 is 1.21 bits per heavy atom. The van der Waals surface area contributed by atoms with Crippen molar-refractivity contribution in [1.82, 2.24) is 4.72 Å². The summed E-state index contributed by atoms with van der Waals surface area (Å²) in [6.45, 7) is 1.12. The maximum atomic E-state index is 13.4. The average molecular weight is 378 g/mol. The minimum Gasteiger partial charge on any atom is -0.505 e. The molecule has 0 aliphatic carbocycles. The van der Waals surface area contributed by atoms with Crippen molar-refractivity contribution in [3.8, 4) is 11.5 Å². The van der Waals surface area contributed by atoms with Gasteiger partial charge in [0.05, 0.1) is 11.1 Å². The van der Waals surface area contributed by atoms with Crippen molar-refractivity contribution in [2.24, 2.45) is 0 Å². The van der Waals surface area contributed by atoms with Crippen molar-refractivity contribution in [2.75, 3.05) is 6.61 Å². The highest BCUT2D eigenvalue weighted by atomic mass is 35.5. The van der Waals surface area contributed by atoms with Crippen LogP contribution < -0.4 is 9.46 Å². The van der Waals surface area contributed by atoms with Crippen LogP contribution in [0.1, 0.15) is 6.92 Å². The normalized spacial score (nSPS) is 12.8. The largest absolute Gasteiger partial charge is 0.505 e. The van der Waals surface area contributed by atoms with E-state index in [-0.39, 0.29) is 11.6 Å². The lowest BCUT2D eigenvalue weighted by Crippen LogP contribution is -2.37. The number of aromatic hydroxyl groups is 1. The number of rotatable bonds is 6. The Morgan fingerprint density at radius 2 is 1.79 bits per heavy atom. The Morgan fingerprint density at radius 3 is 2.42 bits per heavy atom. The predicted molar refractivity (Wildman–Crippen MR) is 84.8 cm³/mol. The first kappa shape index (κ1) is 18.4. The summed E-state index contributed by atoms with van der Waals surface area (Å²) in [5.74, 6) is -2.95. The number of phenols is 1. The Kier molecular flexibility index (Phi) is 5.63. The number of sulfonamides is 1. The molecule has 0 saturated carbocycles. The fourth-order valence-corrected chi connectivity index (χ4v) is 3.48. The van der Waals surface area contributed by atoms with E-state index >= 15 is 0 Å². The van der Waals surface area contributed by atoms with Gasteiger partial charge >= 0.3 is 0 Å². The number of halogens is 3. The van der Waals surface area contributed by atoms with Gasteiger partial charge in [0.1, 0.15) is 11.5 Å². The number of phenolic OH excluding ortho intramolecular Hbond substituents is 1. The Hall–Kier alpha value is -1.90. The zero-order chi connectivity index (χ0) is 17.9. The number of benzene rings is 2. The molecule has 0 saturated heterocycles. The first-order chi connectivity index (χ1) is 11.2. The molecule has 5 nitrogen and oxygen atoms in total. The van der Waals surface area contributed by atoms with E-state index in [1.165, 1.54) is 31.2 Å². The third kappa shape index (κ3) is 4.14. The maximum Gasteiger partial charge on any atom is 0.244 e. The molecule has 0 aromatic heterocycles. The average Bonchev–Trinajstić information content (AvgIpc) is 2.49. The van der Waals surface area contributed by atoms with Crippen LogP contribution in [-0.4, -0.2) is 26.2 Å². The molecule has 0 heterocycles. The van der Waals surface area contributed by atoms with E-state index in [1.54, 1.807) is 0 Å². The molecule has 0 amide bonds. The van der Waals surface area contributed by atoms with Crippen molar-refractivity contribution in [1.29, 1.82) is 0 Å². The molecule has 9 heteroatoms. The quantitative estimate of drug-likeness (QED) is 0.811. The van der Waals surface area contributed by atoms with Crippen LogP contribution >= 0.6 is 11.6 Å². The van der Waals surface area contributed by atoms with Crippen LogP contribution in [0.2, 0.25) is 5.02 Å². The van der Waals surface area contributed by atoms with E-state index in [1.807, 2.05) is 0 Å². The first-order valence-electron chi connectivity index (χ1n) is 6.79. The predicted octanol–water partition coefficient (Wildman–Crippen LogP) is 3.07. The van der Waals surface area contributed by atoms with E-state index in [0.717, 1.165) is 12.1 Å². The summed E-state index contributed by atoms with van der Waals surface area (Å²) in [7, 11) is -4.09. The van der Waals surface area contributed by atoms with Gasteiger partial charge in [-0.1, -0.05) is 23.7 Å². The SMILES string of the molecule is C[C@H](COc1c(F)cccc1F)NS(=O)(=O)c1cccc(Cl)c1O. The molecular formula is C15H14ClF2NO4S. The summed E-state index contributed by atoms with van der Waals surface area (Å²) in [5, 5.41) is 9.63. The van der Waals surface area contributed by atoms with Crippen molar-refractivity contribution in [2.45, 2.75) is 17.9 Å². The highest BCUT2D eigenvalue weighted by Crippen LogP contribution is 2.30. The van der Waals surface area contributed by atoms with E-state index in [9.17, 15) is 22.3 Å². The second-order valence-electron chi connectivity index (χ2n) is 4.97. The lowest BCUT2D eigenvalue weighted by atomic mass is 10.3. The van der Waals surface area contributed by atoms with Gasteiger partial charge in [-0.25, -0.2) is 21.9 Å². The number of hydrogen-bond donors (Lipinski definition) is 2. The molecule has 130 valence electrons. The lowest BCUT2D eigenvalue weighted by molar-refractivity contribution is 0.261. The molecule has 0 aliphatic heterocycles. The van der Waals surface area contributed by atoms with Crippen LogP contribution in [0.5, 0.6) is 11.5 Å². The molecule has 2 aromatic carbocycles. The lowest BCUT2D eigenvalue weighted by Gasteiger charge is -2.16. The van der Waals surface area contributed by atoms with Crippen LogP contribution in [0.15, 0.2) is 41.3 Å². The van der Waals surface area contributed by atoms with E-state index in [2.05, 4.69) is 4.72 Å². The molecular weight excluding hydrogens is 364 g/mol. The minimum atomic E-state index is -4.09. The molecule has 1 atom stereocenters. The highest BCUT2D eigenvalue weighted by Gasteiger charge is 2.23. The fraction of sp³-hybridized carbons (Fsp3) is 0.200. The molecule has 0 aliphatic rings. The van der Waals surface area contributed by atoms with Crippen molar-refractivity contribution >= 4 is 21.6 Å². The Balaban J connectivity index is 2.09. The molecule has 0 radical (unpaired) electrons. The Labute approximate surface area is 142 Å². The molecule has 2 aromatic rings. The zero-order valence-electron chi connectivity index (χ0n) is 12.5. The maximum absolute atomic E-state index is 13.4. The highest BCUT2D eigenvalue weighted by molar-refractivity contribution is 7.89. The molecule has 2 rings (SSSR count). The third-order valence-electron chi connectivity index (χ3n) is 2.99. The summed E-state index contributed by atoms with van der Waals surface area (Å²) in [4.78, 5) is -0.404. The minimum absolute atomic E-state index is 0.116. The van der Waals surface area contributed by atoms with Gasteiger partial charge in [-0.05, 0) is 31.2 Å². The second-order valence-corrected chi connectivity index (χ2v) is 7.06. The van der Waals surface area contributed by atoms with Crippen LogP contribution in [0.25, 0.3) is 0 Å². The smallest absolute Gasteiger partial charge is 0.244 e. The van der Waals surface area contributed by atoms with E-state index in [4.69, 9.17) is 16.3 Å². The number of nitrogens with one attached hydrogen (secondary N) is 1. The number of hydrogen-bond acceptors (Lipinski definition) is 4. The zero-order valence-corrected chi connectivity index (χ0v) is 14.0. The molecule has 24 heavy (non-hydrogen) atoms.